The van der Waals surface area contributed by atoms with Gasteiger partial charge in [0.25, 0.3) is 15.6 Å². The number of imidazole rings is 1. The fourth-order valence-electron chi connectivity index (χ4n) is 3.85. The summed E-state index contributed by atoms with van der Waals surface area (Å²) in [6, 6.07) is 8.50. The van der Waals surface area contributed by atoms with Crippen LogP contribution in [0.25, 0.3) is 11.4 Å². The van der Waals surface area contributed by atoms with Crippen molar-refractivity contribution < 1.29 is 13.2 Å². The van der Waals surface area contributed by atoms with E-state index in [0.29, 0.717) is 41.4 Å². The Morgan fingerprint density at radius 1 is 1.15 bits per heavy atom. The van der Waals surface area contributed by atoms with E-state index in [1.54, 1.807) is 49.7 Å². The quantitative estimate of drug-likeness (QED) is 0.585. The number of sulfonamides is 1. The van der Waals surface area contributed by atoms with Crippen molar-refractivity contribution in [3.05, 3.63) is 58.4 Å². The van der Waals surface area contributed by atoms with E-state index in [0.717, 1.165) is 0 Å². The minimum Gasteiger partial charge on any atom is -0.337 e. The predicted molar refractivity (Wildman–Crippen MR) is 123 cm³/mol. The van der Waals surface area contributed by atoms with Gasteiger partial charge < -0.3 is 14.9 Å². The van der Waals surface area contributed by atoms with Crippen LogP contribution in [0.4, 0.5) is 5.69 Å². The maximum atomic E-state index is 12.9. The molecule has 1 aromatic carbocycles. The molecule has 3 heterocycles. The summed E-state index contributed by atoms with van der Waals surface area (Å²) in [4.78, 5) is 35.7. The molecule has 0 aliphatic carbocycles. The molecular weight excluding hydrogens is 444 g/mol. The third kappa shape index (κ3) is 4.88. The Balaban J connectivity index is 1.41. The lowest BCUT2D eigenvalue weighted by Gasteiger charge is -2.30. The molecule has 2 aromatic heterocycles. The maximum absolute atomic E-state index is 12.9. The van der Waals surface area contributed by atoms with Crippen LogP contribution < -0.4 is 10.9 Å². The summed E-state index contributed by atoms with van der Waals surface area (Å²) in [5.74, 6) is 0.584. The van der Waals surface area contributed by atoms with Gasteiger partial charge in [0.1, 0.15) is 11.6 Å². The number of nitrogens with one attached hydrogen (secondary N) is 2. The molecule has 1 amide bonds. The monoisotopic (exact) mass is 470 g/mol. The van der Waals surface area contributed by atoms with Gasteiger partial charge >= 0.3 is 0 Å². The standard InChI is InChI=1S/C22H26N6O4S/c1-14-11-19(29)26-21(23-14)17-5-4-6-18(12-17)25-22(30)16-7-9-28(10-8-16)33(31,32)20-13-27(3)15(2)24-20/h4-6,11-13,16H,7-10H2,1-3H3,(H,25,30)(H,23,26,29). The van der Waals surface area contributed by atoms with Gasteiger partial charge in [0.05, 0.1) is 0 Å². The topological polar surface area (TPSA) is 130 Å². The number of H-pyrrole nitrogens is 1. The molecule has 0 unspecified atom stereocenters. The van der Waals surface area contributed by atoms with Gasteiger partial charge in [-0.2, -0.15) is 4.31 Å². The molecule has 11 heteroatoms. The number of aryl methyl sites for hydroxylation is 3. The molecule has 33 heavy (non-hydrogen) atoms. The van der Waals surface area contributed by atoms with Crippen LogP contribution >= 0.6 is 0 Å². The fourth-order valence-corrected chi connectivity index (χ4v) is 5.34. The number of amides is 1. The fraction of sp³-hybridized carbons (Fsp3) is 0.364. The van der Waals surface area contributed by atoms with Crippen LogP contribution in [-0.2, 0) is 21.9 Å². The number of aromatic nitrogens is 4. The zero-order valence-electron chi connectivity index (χ0n) is 18.7. The molecule has 10 nitrogen and oxygen atoms in total. The number of carbonyl (C=O) groups is 1. The molecule has 0 atom stereocenters. The number of anilines is 1. The van der Waals surface area contributed by atoms with E-state index < -0.39 is 10.0 Å². The normalized spacial score (nSPS) is 15.5. The number of nitrogens with zero attached hydrogens (tertiary/aromatic N) is 4. The van der Waals surface area contributed by atoms with Gasteiger partial charge in [-0.15, -0.1) is 0 Å². The van der Waals surface area contributed by atoms with Crippen molar-refractivity contribution in [3.8, 4) is 11.4 Å². The van der Waals surface area contributed by atoms with Gasteiger partial charge in [-0.05, 0) is 38.8 Å². The Bertz CT molecular complexity index is 1330. The number of carbonyl (C=O) groups excluding carboxylic acids is 1. The molecule has 0 radical (unpaired) electrons. The average Bonchev–Trinajstić information content (AvgIpc) is 3.12. The molecular formula is C22H26N6O4S. The molecule has 1 aliphatic rings. The van der Waals surface area contributed by atoms with Crippen molar-refractivity contribution in [1.82, 2.24) is 23.8 Å². The van der Waals surface area contributed by atoms with Crippen molar-refractivity contribution in [2.24, 2.45) is 13.0 Å². The SMILES string of the molecule is Cc1cc(=O)[nH]c(-c2cccc(NC(=O)C3CCN(S(=O)(=O)c4cn(C)c(C)n4)CC3)c2)n1. The number of benzene rings is 1. The first-order valence-electron chi connectivity index (χ1n) is 10.6. The maximum Gasteiger partial charge on any atom is 0.262 e. The molecule has 0 bridgehead atoms. The summed E-state index contributed by atoms with van der Waals surface area (Å²) in [6.07, 6.45) is 2.35. The highest BCUT2D eigenvalue weighted by molar-refractivity contribution is 7.89. The van der Waals surface area contributed by atoms with Crippen molar-refractivity contribution >= 4 is 21.6 Å². The molecule has 0 saturated carbocycles. The second kappa shape index (κ2) is 8.91. The number of piperidine rings is 1. The zero-order valence-corrected chi connectivity index (χ0v) is 19.5. The van der Waals surface area contributed by atoms with E-state index in [9.17, 15) is 18.0 Å². The third-order valence-electron chi connectivity index (χ3n) is 5.79. The molecule has 174 valence electrons. The average molecular weight is 471 g/mol. The molecule has 1 saturated heterocycles. The van der Waals surface area contributed by atoms with Crippen LogP contribution in [0, 0.1) is 19.8 Å². The van der Waals surface area contributed by atoms with Crippen LogP contribution in [0.3, 0.4) is 0 Å². The number of aromatic amines is 1. The van der Waals surface area contributed by atoms with Gasteiger partial charge in [0.2, 0.25) is 5.91 Å². The van der Waals surface area contributed by atoms with Crippen LogP contribution in [0.2, 0.25) is 0 Å². The van der Waals surface area contributed by atoms with Gasteiger partial charge in [-0.25, -0.2) is 18.4 Å². The predicted octanol–water partition coefficient (Wildman–Crippen LogP) is 1.83. The number of hydrogen-bond acceptors (Lipinski definition) is 6. The summed E-state index contributed by atoms with van der Waals surface area (Å²) in [7, 11) is -1.93. The zero-order chi connectivity index (χ0) is 23.8. The van der Waals surface area contributed by atoms with E-state index in [4.69, 9.17) is 0 Å². The summed E-state index contributed by atoms with van der Waals surface area (Å²) < 4.78 is 28.8. The third-order valence-corrected chi connectivity index (χ3v) is 7.56. The van der Waals surface area contributed by atoms with E-state index >= 15 is 0 Å². The lowest BCUT2D eigenvalue weighted by Crippen LogP contribution is -2.41. The largest absolute Gasteiger partial charge is 0.337 e. The lowest BCUT2D eigenvalue weighted by molar-refractivity contribution is -0.120. The van der Waals surface area contributed by atoms with E-state index in [1.165, 1.54) is 16.6 Å². The molecule has 3 aromatic rings. The highest BCUT2D eigenvalue weighted by Gasteiger charge is 2.33. The first-order chi connectivity index (χ1) is 15.6. The van der Waals surface area contributed by atoms with E-state index in [1.807, 2.05) is 0 Å². The van der Waals surface area contributed by atoms with E-state index in [-0.39, 0.29) is 35.5 Å². The summed E-state index contributed by atoms with van der Waals surface area (Å²) in [6.45, 7) is 4.00. The van der Waals surface area contributed by atoms with Crippen molar-refractivity contribution in [2.75, 3.05) is 18.4 Å². The Morgan fingerprint density at radius 2 is 1.88 bits per heavy atom. The highest BCUT2D eigenvalue weighted by Crippen LogP contribution is 2.25. The van der Waals surface area contributed by atoms with Crippen LogP contribution in [-0.4, -0.2) is 51.2 Å². The van der Waals surface area contributed by atoms with Crippen LogP contribution in [0.1, 0.15) is 24.4 Å². The van der Waals surface area contributed by atoms with E-state index in [2.05, 4.69) is 20.3 Å². The summed E-state index contributed by atoms with van der Waals surface area (Å²) in [5.41, 5.74) is 1.63. The first kappa shape index (κ1) is 22.9. The minimum absolute atomic E-state index is 0.0324. The molecule has 0 spiro atoms. The first-order valence-corrected chi connectivity index (χ1v) is 12.1. The summed E-state index contributed by atoms with van der Waals surface area (Å²) >= 11 is 0. The lowest BCUT2D eigenvalue weighted by atomic mass is 9.97. The van der Waals surface area contributed by atoms with Crippen LogP contribution in [0.15, 0.2) is 46.3 Å². The molecule has 1 fully saturated rings. The van der Waals surface area contributed by atoms with Gasteiger partial charge in [0.15, 0.2) is 5.03 Å². The smallest absolute Gasteiger partial charge is 0.262 e. The molecule has 1 aliphatic heterocycles. The van der Waals surface area contributed by atoms with Crippen molar-refractivity contribution in [1.29, 1.82) is 0 Å². The van der Waals surface area contributed by atoms with Crippen molar-refractivity contribution in [2.45, 2.75) is 31.7 Å². The number of hydrogen-bond donors (Lipinski definition) is 2. The van der Waals surface area contributed by atoms with Gasteiger partial charge in [-0.1, -0.05) is 12.1 Å². The van der Waals surface area contributed by atoms with Gasteiger partial charge in [0, 0.05) is 55.3 Å². The second-order valence-corrected chi connectivity index (χ2v) is 10.1. The minimum atomic E-state index is -3.68. The van der Waals surface area contributed by atoms with Gasteiger partial charge in [-0.3, -0.25) is 9.59 Å². The molecule has 4 rings (SSSR count). The Kier molecular flexibility index (Phi) is 6.17. The Labute approximate surface area is 191 Å². The van der Waals surface area contributed by atoms with Crippen LogP contribution in [0.5, 0.6) is 0 Å². The molecule has 2 N–H and O–H groups in total. The Hall–Kier alpha value is -3.31. The van der Waals surface area contributed by atoms with Crippen molar-refractivity contribution in [3.63, 3.8) is 0 Å². The highest BCUT2D eigenvalue weighted by atomic mass is 32.2. The Morgan fingerprint density at radius 3 is 2.52 bits per heavy atom. The summed E-state index contributed by atoms with van der Waals surface area (Å²) in [5, 5.41) is 2.94. The second-order valence-electron chi connectivity index (χ2n) is 8.22. The number of rotatable bonds is 5.